The molecule has 0 bridgehead atoms. The van der Waals surface area contributed by atoms with Crippen LogP contribution in [0.25, 0.3) is 0 Å². The van der Waals surface area contributed by atoms with Gasteiger partial charge in [0.05, 0.1) is 0 Å². The fourth-order valence-electron chi connectivity index (χ4n) is 1.58. The summed E-state index contributed by atoms with van der Waals surface area (Å²) in [6.45, 7) is 3.71. The number of carboxylic acids is 1. The lowest BCUT2D eigenvalue weighted by Gasteiger charge is -2.09. The fourth-order valence-corrected chi connectivity index (χ4v) is 1.58. The maximum Gasteiger partial charge on any atom is 0.332 e. The van der Waals surface area contributed by atoms with Crippen LogP contribution in [-0.2, 0) is 9.59 Å². The van der Waals surface area contributed by atoms with Gasteiger partial charge in [0.25, 0.3) is 0 Å². The zero-order chi connectivity index (χ0) is 10.7. The Morgan fingerprint density at radius 3 is 2.36 bits per heavy atom. The maximum atomic E-state index is 11.5. The second kappa shape index (κ2) is 4.26. The van der Waals surface area contributed by atoms with Crippen molar-refractivity contribution in [2.24, 2.45) is 0 Å². The molecule has 0 heterocycles. The summed E-state index contributed by atoms with van der Waals surface area (Å²) in [6, 6.07) is 0.0469. The van der Waals surface area contributed by atoms with Crippen molar-refractivity contribution in [2.45, 2.75) is 39.2 Å². The van der Waals surface area contributed by atoms with Crippen molar-refractivity contribution in [3.8, 4) is 0 Å². The average Bonchev–Trinajstić information content (AvgIpc) is 2.49. The number of hydrogen-bond donors (Lipinski definition) is 2. The quantitative estimate of drug-likeness (QED) is 0.711. The highest BCUT2D eigenvalue weighted by Gasteiger charge is 2.25. The Hall–Kier alpha value is -1.32. The number of carboxylic acid groups (broad SMARTS) is 1. The highest BCUT2D eigenvalue weighted by atomic mass is 16.4. The first kappa shape index (κ1) is 10.8. The van der Waals surface area contributed by atoms with Crippen molar-refractivity contribution < 1.29 is 14.7 Å². The number of hydrogen-bond acceptors (Lipinski definition) is 2. The van der Waals surface area contributed by atoms with E-state index in [1.807, 2.05) is 13.8 Å². The summed E-state index contributed by atoms with van der Waals surface area (Å²) >= 11 is 0. The summed E-state index contributed by atoms with van der Waals surface area (Å²) in [6.07, 6.45) is 1.86. The third kappa shape index (κ3) is 2.34. The van der Waals surface area contributed by atoms with Crippen LogP contribution in [0.5, 0.6) is 0 Å². The van der Waals surface area contributed by atoms with Crippen molar-refractivity contribution in [3.63, 3.8) is 0 Å². The molecule has 0 saturated heterocycles. The zero-order valence-electron chi connectivity index (χ0n) is 8.46. The molecule has 78 valence electrons. The van der Waals surface area contributed by atoms with E-state index in [2.05, 4.69) is 5.32 Å². The van der Waals surface area contributed by atoms with Crippen molar-refractivity contribution in [1.29, 1.82) is 0 Å². The summed E-state index contributed by atoms with van der Waals surface area (Å²) in [7, 11) is 0. The molecule has 0 aromatic heterocycles. The van der Waals surface area contributed by atoms with Gasteiger partial charge >= 0.3 is 5.97 Å². The van der Waals surface area contributed by atoms with Crippen LogP contribution in [0.3, 0.4) is 0 Å². The van der Waals surface area contributed by atoms with E-state index in [4.69, 9.17) is 5.11 Å². The van der Waals surface area contributed by atoms with Gasteiger partial charge < -0.3 is 10.4 Å². The fraction of sp³-hybridized carbons (Fsp3) is 0.600. The lowest BCUT2D eigenvalue weighted by Crippen LogP contribution is -2.31. The molecule has 1 amide bonds. The SMILES string of the molecule is CC(C)NC(=O)C1=C(C(=O)O)CCC1. The van der Waals surface area contributed by atoms with E-state index in [9.17, 15) is 9.59 Å². The van der Waals surface area contributed by atoms with Crippen LogP contribution in [0.15, 0.2) is 11.1 Å². The molecule has 0 aromatic rings. The van der Waals surface area contributed by atoms with E-state index in [1.165, 1.54) is 0 Å². The lowest BCUT2D eigenvalue weighted by atomic mass is 10.1. The molecule has 0 saturated carbocycles. The van der Waals surface area contributed by atoms with Gasteiger partial charge in [0.15, 0.2) is 0 Å². The topological polar surface area (TPSA) is 66.4 Å². The smallest absolute Gasteiger partial charge is 0.332 e. The number of nitrogens with one attached hydrogen (secondary N) is 1. The molecule has 0 unspecified atom stereocenters. The molecule has 0 aliphatic heterocycles. The summed E-state index contributed by atoms with van der Waals surface area (Å²) in [4.78, 5) is 22.3. The molecular weight excluding hydrogens is 182 g/mol. The normalized spacial score (nSPS) is 16.2. The number of amides is 1. The van der Waals surface area contributed by atoms with Crippen LogP contribution < -0.4 is 5.32 Å². The van der Waals surface area contributed by atoms with Gasteiger partial charge in [-0.1, -0.05) is 0 Å². The Morgan fingerprint density at radius 1 is 1.29 bits per heavy atom. The molecule has 1 rings (SSSR count). The van der Waals surface area contributed by atoms with Gasteiger partial charge in [0, 0.05) is 17.2 Å². The summed E-state index contributed by atoms with van der Waals surface area (Å²) in [5.74, 6) is -1.19. The van der Waals surface area contributed by atoms with Crippen LogP contribution in [-0.4, -0.2) is 23.0 Å². The first-order valence-electron chi connectivity index (χ1n) is 4.78. The minimum absolute atomic E-state index is 0.0469. The van der Waals surface area contributed by atoms with Gasteiger partial charge in [-0.25, -0.2) is 4.79 Å². The molecule has 4 nitrogen and oxygen atoms in total. The second-order valence-corrected chi connectivity index (χ2v) is 3.74. The van der Waals surface area contributed by atoms with Gasteiger partial charge in [-0.15, -0.1) is 0 Å². The van der Waals surface area contributed by atoms with Crippen molar-refractivity contribution in [2.75, 3.05) is 0 Å². The molecule has 1 aliphatic rings. The molecule has 14 heavy (non-hydrogen) atoms. The highest BCUT2D eigenvalue weighted by molar-refractivity contribution is 6.03. The number of aliphatic carboxylic acids is 1. The van der Waals surface area contributed by atoms with Crippen LogP contribution in [0.2, 0.25) is 0 Å². The van der Waals surface area contributed by atoms with E-state index >= 15 is 0 Å². The first-order valence-corrected chi connectivity index (χ1v) is 4.78. The lowest BCUT2D eigenvalue weighted by molar-refractivity contribution is -0.133. The minimum atomic E-state index is -0.962. The Bertz CT molecular complexity index is 292. The minimum Gasteiger partial charge on any atom is -0.478 e. The van der Waals surface area contributed by atoms with Crippen molar-refractivity contribution >= 4 is 11.9 Å². The standard InChI is InChI=1S/C10H15NO3/c1-6(2)11-9(12)7-4-3-5-8(7)10(13)14/h6H,3-5H2,1-2H3,(H,11,12)(H,13,14). The van der Waals surface area contributed by atoms with E-state index < -0.39 is 5.97 Å². The van der Waals surface area contributed by atoms with Gasteiger partial charge in [-0.05, 0) is 33.1 Å². The van der Waals surface area contributed by atoms with E-state index in [0.29, 0.717) is 18.4 Å². The third-order valence-electron chi connectivity index (χ3n) is 2.17. The second-order valence-electron chi connectivity index (χ2n) is 3.74. The molecule has 0 radical (unpaired) electrons. The molecule has 1 aliphatic carbocycles. The van der Waals surface area contributed by atoms with Crippen LogP contribution in [0.1, 0.15) is 33.1 Å². The third-order valence-corrected chi connectivity index (χ3v) is 2.17. The van der Waals surface area contributed by atoms with Gasteiger partial charge in [-0.3, -0.25) is 4.79 Å². The molecule has 0 fully saturated rings. The Balaban J connectivity index is 2.79. The predicted octanol–water partition coefficient (Wildman–Crippen LogP) is 1.08. The molecule has 0 atom stereocenters. The maximum absolute atomic E-state index is 11.5. The summed E-state index contributed by atoms with van der Waals surface area (Å²) in [5.41, 5.74) is 0.731. The molecule has 4 heteroatoms. The van der Waals surface area contributed by atoms with Gasteiger partial charge in [0.2, 0.25) is 5.91 Å². The van der Waals surface area contributed by atoms with E-state index in [0.717, 1.165) is 6.42 Å². The first-order chi connectivity index (χ1) is 6.52. The largest absolute Gasteiger partial charge is 0.478 e. The number of rotatable bonds is 3. The number of carbonyl (C=O) groups is 2. The molecular formula is C10H15NO3. The Morgan fingerprint density at radius 2 is 1.86 bits per heavy atom. The average molecular weight is 197 g/mol. The van der Waals surface area contributed by atoms with Gasteiger partial charge in [0.1, 0.15) is 0 Å². The predicted molar refractivity (Wildman–Crippen MR) is 51.8 cm³/mol. The van der Waals surface area contributed by atoms with E-state index in [-0.39, 0.29) is 17.5 Å². The zero-order valence-corrected chi connectivity index (χ0v) is 8.46. The van der Waals surface area contributed by atoms with Gasteiger partial charge in [-0.2, -0.15) is 0 Å². The highest BCUT2D eigenvalue weighted by Crippen LogP contribution is 2.26. The summed E-state index contributed by atoms with van der Waals surface area (Å²) < 4.78 is 0. The Labute approximate surface area is 83.0 Å². The van der Waals surface area contributed by atoms with Crippen LogP contribution in [0, 0.1) is 0 Å². The van der Waals surface area contributed by atoms with E-state index in [1.54, 1.807) is 0 Å². The summed E-state index contributed by atoms with van der Waals surface area (Å²) in [5, 5.41) is 11.5. The molecule has 0 aromatic carbocycles. The number of carbonyl (C=O) groups excluding carboxylic acids is 1. The van der Waals surface area contributed by atoms with Crippen LogP contribution in [0.4, 0.5) is 0 Å². The molecule has 0 spiro atoms. The monoisotopic (exact) mass is 197 g/mol. The van der Waals surface area contributed by atoms with Crippen molar-refractivity contribution in [3.05, 3.63) is 11.1 Å². The molecule has 2 N–H and O–H groups in total. The van der Waals surface area contributed by atoms with Crippen molar-refractivity contribution in [1.82, 2.24) is 5.32 Å². The Kier molecular flexibility index (Phi) is 3.28. The van der Waals surface area contributed by atoms with Crippen LogP contribution >= 0.6 is 0 Å².